The number of nitrogens with one attached hydrogen (secondary N) is 2. The quantitative estimate of drug-likeness (QED) is 0.438. The molecular weight excluding hydrogens is 435 g/mol. The first-order valence-corrected chi connectivity index (χ1v) is 10.3. The molecule has 1 aliphatic rings. The minimum absolute atomic E-state index is 0.00948. The lowest BCUT2D eigenvalue weighted by molar-refractivity contribution is 0.122. The van der Waals surface area contributed by atoms with E-state index in [0.717, 1.165) is 31.2 Å². The van der Waals surface area contributed by atoms with E-state index < -0.39 is 29.1 Å². The molecule has 0 radical (unpaired) electrons. The highest BCUT2D eigenvalue weighted by Crippen LogP contribution is 2.34. The van der Waals surface area contributed by atoms with Crippen LogP contribution in [0, 0.1) is 24.4 Å². The molecule has 1 fully saturated rings. The Balaban J connectivity index is 1.41. The lowest BCUT2D eigenvalue weighted by Crippen LogP contribution is -2.36. The van der Waals surface area contributed by atoms with Gasteiger partial charge in [0.25, 0.3) is 5.88 Å². The summed E-state index contributed by atoms with van der Waals surface area (Å²) in [6, 6.07) is 9.74. The van der Waals surface area contributed by atoms with Crippen LogP contribution in [0.1, 0.15) is 5.69 Å². The van der Waals surface area contributed by atoms with E-state index in [4.69, 9.17) is 9.47 Å². The van der Waals surface area contributed by atoms with Gasteiger partial charge < -0.3 is 24.7 Å². The number of aromatic nitrogens is 3. The van der Waals surface area contributed by atoms with E-state index in [1.807, 2.05) is 18.2 Å². The number of aryl methyl sites for hydroxylation is 1. The molecule has 4 aromatic rings. The largest absolute Gasteiger partial charge is 0.433 e. The molecule has 0 atom stereocenters. The molecule has 0 bridgehead atoms. The molecule has 0 aliphatic carbocycles. The lowest BCUT2D eigenvalue weighted by Gasteiger charge is -2.29. The SMILES string of the molecule is Cc1cc2c(F)c(Oc3ncnc(Nc4cccc(N5CCOCC5)c4)c3F)cc(F)c2[nH]1. The van der Waals surface area contributed by atoms with Gasteiger partial charge in [0.05, 0.1) is 18.7 Å². The number of anilines is 3. The van der Waals surface area contributed by atoms with Gasteiger partial charge in [-0.2, -0.15) is 9.37 Å². The fraction of sp³-hybridized carbons (Fsp3) is 0.217. The molecule has 7 nitrogen and oxygen atoms in total. The van der Waals surface area contributed by atoms with Crippen LogP contribution in [0.5, 0.6) is 11.6 Å². The van der Waals surface area contributed by atoms with Gasteiger partial charge in [-0.3, -0.25) is 0 Å². The minimum atomic E-state index is -0.931. The maximum absolute atomic E-state index is 15.1. The average molecular weight is 455 g/mol. The molecule has 3 heterocycles. The van der Waals surface area contributed by atoms with Crippen LogP contribution in [-0.2, 0) is 4.74 Å². The lowest BCUT2D eigenvalue weighted by atomic mass is 10.2. The van der Waals surface area contributed by atoms with Crippen LogP contribution in [0.4, 0.5) is 30.4 Å². The maximum Gasteiger partial charge on any atom is 0.261 e. The molecule has 2 aromatic heterocycles. The van der Waals surface area contributed by atoms with Crippen molar-refractivity contribution in [1.29, 1.82) is 0 Å². The first-order valence-electron chi connectivity index (χ1n) is 10.3. The minimum Gasteiger partial charge on any atom is -0.433 e. The van der Waals surface area contributed by atoms with E-state index in [1.54, 1.807) is 13.0 Å². The van der Waals surface area contributed by atoms with Gasteiger partial charge in [0.15, 0.2) is 23.2 Å². The Kier molecular flexibility index (Phi) is 5.51. The summed E-state index contributed by atoms with van der Waals surface area (Å²) < 4.78 is 55.0. The van der Waals surface area contributed by atoms with E-state index in [-0.39, 0.29) is 16.7 Å². The fourth-order valence-electron chi connectivity index (χ4n) is 3.76. The molecule has 0 amide bonds. The van der Waals surface area contributed by atoms with E-state index in [1.165, 1.54) is 6.07 Å². The molecule has 10 heteroatoms. The van der Waals surface area contributed by atoms with Crippen molar-refractivity contribution in [1.82, 2.24) is 15.0 Å². The van der Waals surface area contributed by atoms with Crippen LogP contribution >= 0.6 is 0 Å². The molecule has 0 saturated carbocycles. The molecule has 1 saturated heterocycles. The zero-order valence-electron chi connectivity index (χ0n) is 17.7. The van der Waals surface area contributed by atoms with Crippen molar-refractivity contribution in [3.8, 4) is 11.6 Å². The predicted molar refractivity (Wildman–Crippen MR) is 118 cm³/mol. The van der Waals surface area contributed by atoms with Crippen molar-refractivity contribution in [2.45, 2.75) is 6.92 Å². The number of nitrogens with zero attached hydrogens (tertiary/aromatic N) is 3. The van der Waals surface area contributed by atoms with Gasteiger partial charge in [0.1, 0.15) is 6.33 Å². The summed E-state index contributed by atoms with van der Waals surface area (Å²) in [6.07, 6.45) is 1.08. The summed E-state index contributed by atoms with van der Waals surface area (Å²) in [5, 5.41) is 2.91. The number of H-pyrrole nitrogens is 1. The van der Waals surface area contributed by atoms with Crippen molar-refractivity contribution < 1.29 is 22.6 Å². The number of hydrogen-bond donors (Lipinski definition) is 2. The van der Waals surface area contributed by atoms with Crippen LogP contribution in [0.3, 0.4) is 0 Å². The number of benzene rings is 2. The second-order valence-corrected chi connectivity index (χ2v) is 7.63. The van der Waals surface area contributed by atoms with Gasteiger partial charge in [0, 0.05) is 41.6 Å². The van der Waals surface area contributed by atoms with Crippen molar-refractivity contribution in [2.75, 3.05) is 36.5 Å². The molecule has 2 aromatic carbocycles. The van der Waals surface area contributed by atoms with Gasteiger partial charge in [-0.15, -0.1) is 0 Å². The Bertz CT molecular complexity index is 1320. The highest BCUT2D eigenvalue weighted by Gasteiger charge is 2.20. The van der Waals surface area contributed by atoms with E-state index in [0.29, 0.717) is 24.6 Å². The van der Waals surface area contributed by atoms with Gasteiger partial charge in [-0.25, -0.2) is 13.8 Å². The summed E-state index contributed by atoms with van der Waals surface area (Å²) in [6.45, 7) is 4.48. The summed E-state index contributed by atoms with van der Waals surface area (Å²) in [5.41, 5.74) is 2.16. The normalized spacial score (nSPS) is 14.0. The Labute approximate surface area is 187 Å². The van der Waals surface area contributed by atoms with Crippen LogP contribution < -0.4 is 15.0 Å². The second-order valence-electron chi connectivity index (χ2n) is 7.63. The highest BCUT2D eigenvalue weighted by atomic mass is 19.1. The number of halogens is 3. The Morgan fingerprint density at radius 2 is 1.88 bits per heavy atom. The van der Waals surface area contributed by atoms with Crippen molar-refractivity contribution >= 4 is 28.1 Å². The number of morpholine rings is 1. The third-order valence-corrected chi connectivity index (χ3v) is 5.35. The van der Waals surface area contributed by atoms with Crippen LogP contribution in [0.15, 0.2) is 42.7 Å². The Morgan fingerprint density at radius 3 is 2.70 bits per heavy atom. The van der Waals surface area contributed by atoms with Gasteiger partial charge >= 0.3 is 0 Å². The Morgan fingerprint density at radius 1 is 1.06 bits per heavy atom. The van der Waals surface area contributed by atoms with Crippen LogP contribution in [0.2, 0.25) is 0 Å². The number of ether oxygens (including phenoxy) is 2. The summed E-state index contributed by atoms with van der Waals surface area (Å²) >= 11 is 0. The molecule has 1 aliphatic heterocycles. The molecule has 0 unspecified atom stereocenters. The van der Waals surface area contributed by atoms with Crippen molar-refractivity contribution in [3.63, 3.8) is 0 Å². The van der Waals surface area contributed by atoms with Crippen LogP contribution in [0.25, 0.3) is 10.9 Å². The zero-order chi connectivity index (χ0) is 22.9. The topological polar surface area (TPSA) is 75.3 Å². The first-order chi connectivity index (χ1) is 16.0. The molecule has 0 spiro atoms. The summed E-state index contributed by atoms with van der Waals surface area (Å²) in [7, 11) is 0. The third-order valence-electron chi connectivity index (χ3n) is 5.35. The van der Waals surface area contributed by atoms with Gasteiger partial charge in [0.2, 0.25) is 5.82 Å². The van der Waals surface area contributed by atoms with E-state index in [2.05, 4.69) is 25.2 Å². The smallest absolute Gasteiger partial charge is 0.261 e. The molecule has 5 rings (SSSR count). The monoisotopic (exact) mass is 455 g/mol. The second kappa shape index (κ2) is 8.62. The Hall–Kier alpha value is -3.79. The highest BCUT2D eigenvalue weighted by molar-refractivity contribution is 5.83. The van der Waals surface area contributed by atoms with Crippen molar-refractivity contribution in [3.05, 3.63) is 65.9 Å². The molecule has 33 heavy (non-hydrogen) atoms. The molecule has 170 valence electrons. The zero-order valence-corrected chi connectivity index (χ0v) is 17.7. The maximum atomic E-state index is 15.1. The van der Waals surface area contributed by atoms with Gasteiger partial charge in [-0.1, -0.05) is 6.07 Å². The van der Waals surface area contributed by atoms with Crippen LogP contribution in [-0.4, -0.2) is 41.3 Å². The summed E-state index contributed by atoms with van der Waals surface area (Å²) in [4.78, 5) is 12.6. The third kappa shape index (κ3) is 4.17. The first kappa shape index (κ1) is 21.1. The summed E-state index contributed by atoms with van der Waals surface area (Å²) in [5.74, 6) is -3.62. The number of aromatic amines is 1. The number of rotatable bonds is 5. The number of hydrogen-bond acceptors (Lipinski definition) is 6. The van der Waals surface area contributed by atoms with E-state index >= 15 is 4.39 Å². The average Bonchev–Trinajstić information content (AvgIpc) is 3.23. The predicted octanol–water partition coefficient (Wildman–Crippen LogP) is 5.06. The van der Waals surface area contributed by atoms with E-state index in [9.17, 15) is 8.78 Å². The molecular formula is C23H20F3N5O2. The standard InChI is InChI=1S/C23H20F3N5O2/c1-13-9-16-19(25)18(11-17(24)21(16)29-13)33-23-20(26)22(27-12-28-23)30-14-3-2-4-15(10-14)31-5-7-32-8-6-31/h2-4,9-12,29H,5-8H2,1H3,(H,27,28,30). The van der Waals surface area contributed by atoms with Crippen molar-refractivity contribution in [2.24, 2.45) is 0 Å². The molecule has 2 N–H and O–H groups in total. The van der Waals surface area contributed by atoms with Gasteiger partial charge in [-0.05, 0) is 31.2 Å². The fourth-order valence-corrected chi connectivity index (χ4v) is 3.76. The number of fused-ring (bicyclic) bond motifs is 1.